The minimum Gasteiger partial charge on any atom is -0.508 e. The van der Waals surface area contributed by atoms with Crippen LogP contribution in [-0.4, -0.2) is 11.3 Å². The molecule has 0 saturated carbocycles. The maximum absolute atomic E-state index is 10.5. The van der Waals surface area contributed by atoms with Gasteiger partial charge in [-0.1, -0.05) is 76.0 Å². The summed E-state index contributed by atoms with van der Waals surface area (Å²) in [5.41, 5.74) is 5.52. The maximum atomic E-state index is 10.5. The molecule has 2 unspecified atom stereocenters. The van der Waals surface area contributed by atoms with Gasteiger partial charge in [0.25, 0.3) is 0 Å². The number of hydrogen-bond donors (Lipinski definition) is 1. The van der Waals surface area contributed by atoms with Crippen LogP contribution in [0.1, 0.15) is 42.5 Å². The molecule has 0 amide bonds. The summed E-state index contributed by atoms with van der Waals surface area (Å²) in [6.07, 6.45) is 2.92. The lowest BCUT2D eigenvalue weighted by Crippen LogP contribution is -2.20. The van der Waals surface area contributed by atoms with Crippen LogP contribution in [0.15, 0.2) is 71.7 Å². The van der Waals surface area contributed by atoms with Gasteiger partial charge in [-0.15, -0.1) is 0 Å². The summed E-state index contributed by atoms with van der Waals surface area (Å²) in [6, 6.07) is 22.5. The van der Waals surface area contributed by atoms with Gasteiger partial charge in [0.15, 0.2) is 0 Å². The van der Waals surface area contributed by atoms with E-state index in [0.29, 0.717) is 14.3 Å². The number of benzene rings is 3. The van der Waals surface area contributed by atoms with E-state index in [0.717, 1.165) is 23.2 Å². The van der Waals surface area contributed by atoms with Crippen molar-refractivity contribution in [3.05, 3.63) is 89.0 Å². The van der Waals surface area contributed by atoms with E-state index in [-0.39, 0.29) is 5.16 Å². The average Bonchev–Trinajstić information content (AvgIpc) is 2.70. The van der Waals surface area contributed by atoms with E-state index in [1.807, 2.05) is 48.7 Å². The first-order valence-electron chi connectivity index (χ1n) is 9.69. The molecule has 0 saturated heterocycles. The molecule has 0 aliphatic rings. The van der Waals surface area contributed by atoms with Gasteiger partial charge in [0.1, 0.15) is 5.75 Å². The van der Waals surface area contributed by atoms with Gasteiger partial charge in [0.2, 0.25) is 0 Å². The van der Waals surface area contributed by atoms with Crippen molar-refractivity contribution in [2.24, 2.45) is 4.99 Å². The Morgan fingerprint density at radius 2 is 1.64 bits per heavy atom. The fourth-order valence-corrected chi connectivity index (χ4v) is 4.85. The summed E-state index contributed by atoms with van der Waals surface area (Å²) in [5.74, 6) is 0.383. The minimum absolute atomic E-state index is 0.124. The van der Waals surface area contributed by atoms with Crippen LogP contribution in [0.2, 0.25) is 0 Å². The summed E-state index contributed by atoms with van der Waals surface area (Å²) in [5, 5.41) is 11.7. The molecule has 0 aromatic heterocycles. The Morgan fingerprint density at radius 3 is 2.36 bits per heavy atom. The van der Waals surface area contributed by atoms with Crippen LogP contribution in [0, 0.1) is 13.8 Å². The zero-order chi connectivity index (χ0) is 20.1. The van der Waals surface area contributed by atoms with E-state index in [9.17, 15) is 5.11 Å². The Labute approximate surface area is 170 Å². The molecule has 3 heteroatoms. The summed E-state index contributed by atoms with van der Waals surface area (Å²) in [7, 11) is 0.530. The molecule has 144 valence electrons. The van der Waals surface area contributed by atoms with Gasteiger partial charge < -0.3 is 5.11 Å². The lowest BCUT2D eigenvalue weighted by molar-refractivity contribution is 0.456. The first-order valence-corrected chi connectivity index (χ1v) is 10.7. The Hall–Kier alpha value is -2.44. The third kappa shape index (κ3) is 4.69. The molecule has 3 aromatic carbocycles. The molecule has 0 bridgehead atoms. The van der Waals surface area contributed by atoms with Crippen molar-refractivity contribution in [2.45, 2.75) is 39.3 Å². The fourth-order valence-electron chi connectivity index (χ4n) is 3.30. The highest BCUT2D eigenvalue weighted by Crippen LogP contribution is 2.47. The highest BCUT2D eigenvalue weighted by atomic mass is 31.1. The SMILES string of the molecule is CCC(C)(Pc1ccc(C)cc1/C=N/c1ccccc1)c1cc(C)ccc1O. The topological polar surface area (TPSA) is 32.6 Å². The van der Waals surface area contributed by atoms with Crippen molar-refractivity contribution >= 4 is 25.8 Å². The average molecular weight is 389 g/mol. The highest BCUT2D eigenvalue weighted by Gasteiger charge is 2.29. The third-order valence-electron chi connectivity index (χ3n) is 5.18. The standard InChI is InChI=1S/C25H28NOP/c1-5-25(4,22-16-19(3)11-13-23(22)27)28-24-14-12-18(2)15-20(24)17-26-21-9-7-6-8-10-21/h6-17,27-28H,5H2,1-4H3/b26-17+. The van der Waals surface area contributed by atoms with Gasteiger partial charge in [0, 0.05) is 22.5 Å². The molecule has 0 spiro atoms. The lowest BCUT2D eigenvalue weighted by Gasteiger charge is -2.31. The first-order chi connectivity index (χ1) is 13.4. The number of aryl methyl sites for hydroxylation is 2. The molecule has 28 heavy (non-hydrogen) atoms. The quantitative estimate of drug-likeness (QED) is 0.384. The minimum atomic E-state index is -0.124. The van der Waals surface area contributed by atoms with Gasteiger partial charge in [-0.3, -0.25) is 4.99 Å². The van der Waals surface area contributed by atoms with E-state index in [4.69, 9.17) is 0 Å². The van der Waals surface area contributed by atoms with Gasteiger partial charge in [-0.2, -0.15) is 0 Å². The molecule has 0 radical (unpaired) electrons. The van der Waals surface area contributed by atoms with E-state index >= 15 is 0 Å². The number of hydrogen-bond acceptors (Lipinski definition) is 2. The molecule has 2 nitrogen and oxygen atoms in total. The molecule has 0 heterocycles. The van der Waals surface area contributed by atoms with Crippen LogP contribution in [0.25, 0.3) is 0 Å². The van der Waals surface area contributed by atoms with Crippen LogP contribution >= 0.6 is 8.58 Å². The summed E-state index contributed by atoms with van der Waals surface area (Å²) < 4.78 is 0. The maximum Gasteiger partial charge on any atom is 0.119 e. The zero-order valence-corrected chi connectivity index (χ0v) is 18.0. The number of aromatic hydroxyl groups is 1. The van der Waals surface area contributed by atoms with Crippen LogP contribution in [0.3, 0.4) is 0 Å². The largest absolute Gasteiger partial charge is 0.508 e. The number of rotatable bonds is 6. The third-order valence-corrected chi connectivity index (χ3v) is 7.08. The van der Waals surface area contributed by atoms with Crippen molar-refractivity contribution in [1.29, 1.82) is 0 Å². The van der Waals surface area contributed by atoms with Crippen LogP contribution in [0.5, 0.6) is 5.75 Å². The number of phenols is 1. The van der Waals surface area contributed by atoms with Crippen molar-refractivity contribution in [1.82, 2.24) is 0 Å². The summed E-state index contributed by atoms with van der Waals surface area (Å²) >= 11 is 0. The molecule has 3 rings (SSSR count). The molecule has 0 aliphatic heterocycles. The molecule has 1 N–H and O–H groups in total. The monoisotopic (exact) mass is 389 g/mol. The molecule has 2 atom stereocenters. The first kappa shape index (κ1) is 20.3. The predicted octanol–water partition coefficient (Wildman–Crippen LogP) is 6.39. The van der Waals surface area contributed by atoms with Crippen molar-refractivity contribution < 1.29 is 5.11 Å². The second-order valence-electron chi connectivity index (χ2n) is 7.52. The molecule has 0 fully saturated rings. The second-order valence-corrected chi connectivity index (χ2v) is 9.41. The number of aliphatic imine (C=N–C) groups is 1. The predicted molar refractivity (Wildman–Crippen MR) is 123 cm³/mol. The van der Waals surface area contributed by atoms with Gasteiger partial charge in [-0.05, 0) is 49.8 Å². The number of para-hydroxylation sites is 1. The van der Waals surface area contributed by atoms with Crippen molar-refractivity contribution in [3.63, 3.8) is 0 Å². The summed E-state index contributed by atoms with van der Waals surface area (Å²) in [4.78, 5) is 4.67. The number of nitrogens with zero attached hydrogens (tertiary/aromatic N) is 1. The molecule has 0 aliphatic carbocycles. The molecular formula is C25H28NOP. The Morgan fingerprint density at radius 1 is 0.964 bits per heavy atom. The normalized spacial score (nSPS) is 14.0. The van der Waals surface area contributed by atoms with Gasteiger partial charge in [-0.25, -0.2) is 0 Å². The summed E-state index contributed by atoms with van der Waals surface area (Å²) in [6.45, 7) is 8.63. The second kappa shape index (κ2) is 8.71. The fraction of sp³-hybridized carbons (Fsp3) is 0.240. The Kier molecular flexibility index (Phi) is 6.31. The van der Waals surface area contributed by atoms with Gasteiger partial charge in [0.05, 0.1) is 5.69 Å². The van der Waals surface area contributed by atoms with E-state index in [1.165, 1.54) is 16.4 Å². The van der Waals surface area contributed by atoms with Crippen molar-refractivity contribution in [2.75, 3.05) is 0 Å². The lowest BCUT2D eigenvalue weighted by atomic mass is 9.95. The van der Waals surface area contributed by atoms with Gasteiger partial charge >= 0.3 is 0 Å². The highest BCUT2D eigenvalue weighted by molar-refractivity contribution is 7.48. The zero-order valence-electron chi connectivity index (χ0n) is 17.0. The van der Waals surface area contributed by atoms with Crippen LogP contribution in [0.4, 0.5) is 5.69 Å². The van der Waals surface area contributed by atoms with E-state index in [1.54, 1.807) is 0 Å². The molecule has 3 aromatic rings. The Balaban J connectivity index is 1.99. The van der Waals surface area contributed by atoms with Crippen LogP contribution in [-0.2, 0) is 5.16 Å². The van der Waals surface area contributed by atoms with E-state index in [2.05, 4.69) is 57.0 Å². The van der Waals surface area contributed by atoms with E-state index < -0.39 is 0 Å². The Bertz CT molecular complexity index is 981. The van der Waals surface area contributed by atoms with Crippen LogP contribution < -0.4 is 5.30 Å². The smallest absolute Gasteiger partial charge is 0.119 e. The van der Waals surface area contributed by atoms with Crippen molar-refractivity contribution in [3.8, 4) is 5.75 Å². The number of phenolic OH excluding ortho intramolecular Hbond substituents is 1. The molecular weight excluding hydrogens is 361 g/mol.